The molecule has 0 aliphatic heterocycles. The zero-order chi connectivity index (χ0) is 13.1. The third-order valence-corrected chi connectivity index (χ3v) is 3.88. The Morgan fingerprint density at radius 1 is 1.56 bits per heavy atom. The van der Waals surface area contributed by atoms with Crippen molar-refractivity contribution in [2.75, 3.05) is 6.61 Å². The molecule has 0 N–H and O–H groups in total. The van der Waals surface area contributed by atoms with Crippen LogP contribution in [0.4, 0.5) is 0 Å². The van der Waals surface area contributed by atoms with Gasteiger partial charge in [-0.05, 0) is 32.9 Å². The quantitative estimate of drug-likeness (QED) is 0.797. The van der Waals surface area contributed by atoms with Gasteiger partial charge in [-0.2, -0.15) is 0 Å². The van der Waals surface area contributed by atoms with Crippen LogP contribution < -0.4 is 0 Å². The largest absolute Gasteiger partial charge is 0.461 e. The van der Waals surface area contributed by atoms with Crippen LogP contribution in [0.5, 0.6) is 0 Å². The van der Waals surface area contributed by atoms with E-state index in [1.807, 2.05) is 4.57 Å². The molecule has 2 aromatic rings. The average molecular weight is 264 g/mol. The number of ether oxygens (including phenoxy) is 1. The fraction of sp³-hybridized carbons (Fsp3) is 0.385. The van der Waals surface area contributed by atoms with Gasteiger partial charge >= 0.3 is 5.97 Å². The van der Waals surface area contributed by atoms with Gasteiger partial charge in [0.1, 0.15) is 0 Å². The maximum Gasteiger partial charge on any atom is 0.358 e. The molecule has 0 saturated heterocycles. The number of thiophene rings is 1. The molecular formula is C13H16N2O2S. The number of hydrogen-bond donors (Lipinski definition) is 0. The summed E-state index contributed by atoms with van der Waals surface area (Å²) in [5.74, 6) is -0.370. The molecule has 4 nitrogen and oxygen atoms in total. The maximum absolute atomic E-state index is 11.5. The minimum Gasteiger partial charge on any atom is -0.461 e. The second-order valence-corrected chi connectivity index (χ2v) is 5.37. The van der Waals surface area contributed by atoms with Crippen LogP contribution in [0.15, 0.2) is 24.7 Å². The Labute approximate surface area is 110 Å². The molecule has 96 valence electrons. The van der Waals surface area contributed by atoms with Gasteiger partial charge < -0.3 is 9.30 Å². The molecule has 0 bridgehead atoms. The van der Waals surface area contributed by atoms with Crippen LogP contribution in [-0.2, 0) is 4.74 Å². The predicted molar refractivity (Wildman–Crippen MR) is 71.1 cm³/mol. The van der Waals surface area contributed by atoms with Crippen LogP contribution in [0.25, 0.3) is 0 Å². The fourth-order valence-corrected chi connectivity index (χ4v) is 2.62. The second-order valence-electron chi connectivity index (χ2n) is 4.05. The van der Waals surface area contributed by atoms with Crippen molar-refractivity contribution < 1.29 is 9.53 Å². The summed E-state index contributed by atoms with van der Waals surface area (Å²) >= 11 is 1.75. The van der Waals surface area contributed by atoms with E-state index in [0.717, 1.165) is 0 Å². The highest BCUT2D eigenvalue weighted by Crippen LogP contribution is 2.25. The lowest BCUT2D eigenvalue weighted by molar-refractivity contribution is 0.0520. The Balaban J connectivity index is 2.17. The van der Waals surface area contributed by atoms with Gasteiger partial charge in [0.25, 0.3) is 0 Å². The molecule has 0 saturated carbocycles. The Morgan fingerprint density at radius 3 is 2.94 bits per heavy atom. The highest BCUT2D eigenvalue weighted by Gasteiger charge is 2.14. The molecule has 0 spiro atoms. The van der Waals surface area contributed by atoms with Crippen LogP contribution in [-0.4, -0.2) is 22.1 Å². The van der Waals surface area contributed by atoms with Crippen molar-refractivity contribution in [3.63, 3.8) is 0 Å². The summed E-state index contributed by atoms with van der Waals surface area (Å²) in [7, 11) is 0. The van der Waals surface area contributed by atoms with Crippen LogP contribution in [0.2, 0.25) is 0 Å². The van der Waals surface area contributed by atoms with E-state index in [0.29, 0.717) is 12.3 Å². The fourth-order valence-electron chi connectivity index (χ4n) is 1.68. The molecule has 18 heavy (non-hydrogen) atoms. The van der Waals surface area contributed by atoms with E-state index in [9.17, 15) is 4.79 Å². The van der Waals surface area contributed by atoms with E-state index in [1.54, 1.807) is 30.8 Å². The van der Waals surface area contributed by atoms with Gasteiger partial charge in [0.05, 0.1) is 19.0 Å². The molecule has 2 heterocycles. The molecule has 1 atom stereocenters. The first-order valence-electron chi connectivity index (χ1n) is 5.88. The smallest absolute Gasteiger partial charge is 0.358 e. The first-order chi connectivity index (χ1) is 8.61. The Morgan fingerprint density at radius 2 is 2.33 bits per heavy atom. The molecule has 0 amide bonds. The minimum atomic E-state index is -0.370. The van der Waals surface area contributed by atoms with E-state index in [4.69, 9.17) is 4.74 Å². The van der Waals surface area contributed by atoms with Gasteiger partial charge in [-0.25, -0.2) is 9.78 Å². The number of nitrogens with zero attached hydrogens (tertiary/aromatic N) is 2. The molecule has 0 aliphatic rings. The van der Waals surface area contributed by atoms with Crippen molar-refractivity contribution in [2.45, 2.75) is 26.8 Å². The SMILES string of the molecule is CCOC(=O)c1cn(C(C)c2ccc(C)s2)cn1. The number of rotatable bonds is 4. The zero-order valence-electron chi connectivity index (χ0n) is 10.7. The Hall–Kier alpha value is -1.62. The lowest BCUT2D eigenvalue weighted by Gasteiger charge is -2.10. The van der Waals surface area contributed by atoms with Crippen LogP contribution in [0.1, 0.15) is 40.1 Å². The number of carbonyl (C=O) groups is 1. The van der Waals surface area contributed by atoms with Crippen molar-refractivity contribution in [1.82, 2.24) is 9.55 Å². The monoisotopic (exact) mass is 264 g/mol. The molecule has 0 fully saturated rings. The van der Waals surface area contributed by atoms with Crippen LogP contribution in [0.3, 0.4) is 0 Å². The summed E-state index contributed by atoms with van der Waals surface area (Å²) in [6.45, 7) is 6.32. The van der Waals surface area contributed by atoms with E-state index >= 15 is 0 Å². The van der Waals surface area contributed by atoms with E-state index in [2.05, 4.69) is 31.0 Å². The molecule has 0 aromatic carbocycles. The van der Waals surface area contributed by atoms with Crippen molar-refractivity contribution in [1.29, 1.82) is 0 Å². The normalized spacial score (nSPS) is 12.4. The summed E-state index contributed by atoms with van der Waals surface area (Å²) < 4.78 is 6.85. The van der Waals surface area contributed by atoms with Gasteiger partial charge in [-0.3, -0.25) is 0 Å². The van der Waals surface area contributed by atoms with Gasteiger partial charge in [-0.1, -0.05) is 0 Å². The van der Waals surface area contributed by atoms with E-state index in [1.165, 1.54) is 9.75 Å². The number of imidazole rings is 1. The van der Waals surface area contributed by atoms with Gasteiger partial charge in [-0.15, -0.1) is 11.3 Å². The zero-order valence-corrected chi connectivity index (χ0v) is 11.5. The summed E-state index contributed by atoms with van der Waals surface area (Å²) in [6.07, 6.45) is 3.41. The summed E-state index contributed by atoms with van der Waals surface area (Å²) in [5, 5.41) is 0. The molecule has 5 heteroatoms. The van der Waals surface area contributed by atoms with Gasteiger partial charge in [0, 0.05) is 16.0 Å². The molecule has 0 radical (unpaired) electrons. The Kier molecular flexibility index (Phi) is 3.81. The van der Waals surface area contributed by atoms with Crippen molar-refractivity contribution in [2.24, 2.45) is 0 Å². The van der Waals surface area contributed by atoms with Gasteiger partial charge in [0.2, 0.25) is 0 Å². The maximum atomic E-state index is 11.5. The number of hydrogen-bond acceptors (Lipinski definition) is 4. The summed E-state index contributed by atoms with van der Waals surface area (Å²) in [6, 6.07) is 4.38. The lowest BCUT2D eigenvalue weighted by Crippen LogP contribution is -2.06. The first kappa shape index (κ1) is 12.8. The van der Waals surface area contributed by atoms with Crippen molar-refractivity contribution in [3.8, 4) is 0 Å². The summed E-state index contributed by atoms with van der Waals surface area (Å²) in [5.41, 5.74) is 0.358. The third-order valence-electron chi connectivity index (χ3n) is 2.71. The van der Waals surface area contributed by atoms with Crippen LogP contribution >= 0.6 is 11.3 Å². The topological polar surface area (TPSA) is 44.1 Å². The standard InChI is InChI=1S/C13H16N2O2S/c1-4-17-13(16)11-7-15(8-14-11)10(3)12-6-5-9(2)18-12/h5-8,10H,4H2,1-3H3. The van der Waals surface area contributed by atoms with Gasteiger partial charge in [0.15, 0.2) is 5.69 Å². The molecule has 0 aliphatic carbocycles. The van der Waals surface area contributed by atoms with Crippen molar-refractivity contribution in [3.05, 3.63) is 40.1 Å². The van der Waals surface area contributed by atoms with E-state index < -0.39 is 0 Å². The lowest BCUT2D eigenvalue weighted by atomic mass is 10.3. The molecule has 2 aromatic heterocycles. The predicted octanol–water partition coefficient (Wildman–Crippen LogP) is 3.04. The minimum absolute atomic E-state index is 0.180. The number of carbonyl (C=O) groups excluding carboxylic acids is 1. The molecule has 1 unspecified atom stereocenters. The second kappa shape index (κ2) is 5.35. The Bertz CT molecular complexity index is 545. The number of aromatic nitrogens is 2. The molecule has 2 rings (SSSR count). The highest BCUT2D eigenvalue weighted by atomic mass is 32.1. The summed E-state index contributed by atoms with van der Waals surface area (Å²) in [4.78, 5) is 18.1. The third kappa shape index (κ3) is 2.61. The average Bonchev–Trinajstić information content (AvgIpc) is 2.97. The molecular weight excluding hydrogens is 248 g/mol. The first-order valence-corrected chi connectivity index (χ1v) is 6.70. The highest BCUT2D eigenvalue weighted by molar-refractivity contribution is 7.12. The van der Waals surface area contributed by atoms with E-state index in [-0.39, 0.29) is 12.0 Å². The van der Waals surface area contributed by atoms with Crippen molar-refractivity contribution >= 4 is 17.3 Å². The number of esters is 1. The van der Waals surface area contributed by atoms with Crippen LogP contribution in [0, 0.1) is 6.92 Å². The number of aryl methyl sites for hydroxylation is 1.